The third-order valence-corrected chi connectivity index (χ3v) is 7.96. The molecule has 0 saturated heterocycles. The summed E-state index contributed by atoms with van der Waals surface area (Å²) in [5.41, 5.74) is 3.79. The van der Waals surface area contributed by atoms with Gasteiger partial charge in [-0.3, -0.25) is 4.90 Å². The van der Waals surface area contributed by atoms with Crippen LogP contribution in [0.5, 0.6) is 11.6 Å². The summed E-state index contributed by atoms with van der Waals surface area (Å²) >= 11 is 1.40. The number of hydrogen-bond donors (Lipinski definition) is 1. The Labute approximate surface area is 232 Å². The molecule has 6 rings (SSSR count). The van der Waals surface area contributed by atoms with Crippen LogP contribution < -0.4 is 14.4 Å². The fraction of sp³-hybridized carbons (Fsp3) is 0.207. The minimum atomic E-state index is -1.20. The van der Waals surface area contributed by atoms with E-state index in [9.17, 15) is 15.2 Å². The summed E-state index contributed by atoms with van der Waals surface area (Å²) in [5.74, 6) is -0.0607. The lowest BCUT2D eigenvalue weighted by atomic mass is 9.98. The largest absolute Gasteiger partial charge is 0.482 e. The maximum Gasteiger partial charge on any atom is 0.411 e. The van der Waals surface area contributed by atoms with Crippen molar-refractivity contribution in [2.45, 2.75) is 25.9 Å². The SMILES string of the molecule is COc1cnc2c(-c3nc4cc(F)c5c(c4s3)CC(C)(CN(C(=O)O)c3cccc(C#N)c3)O5)cc(C)cc2n1. The van der Waals surface area contributed by atoms with Crippen molar-refractivity contribution in [2.24, 2.45) is 0 Å². The molecule has 1 N–H and O–H groups in total. The van der Waals surface area contributed by atoms with Gasteiger partial charge in [0.2, 0.25) is 5.88 Å². The van der Waals surface area contributed by atoms with E-state index in [4.69, 9.17) is 14.5 Å². The Morgan fingerprint density at radius 3 is 2.85 bits per heavy atom. The van der Waals surface area contributed by atoms with Crippen molar-refractivity contribution in [2.75, 3.05) is 18.6 Å². The van der Waals surface area contributed by atoms with Crippen LogP contribution in [0.4, 0.5) is 14.9 Å². The molecule has 0 radical (unpaired) electrons. The topological polar surface area (TPSA) is 121 Å². The molecule has 9 nitrogen and oxygen atoms in total. The van der Waals surface area contributed by atoms with Crippen molar-refractivity contribution < 1.29 is 23.8 Å². The van der Waals surface area contributed by atoms with Crippen LogP contribution in [0.25, 0.3) is 31.8 Å². The first kappa shape index (κ1) is 25.5. The lowest BCUT2D eigenvalue weighted by Gasteiger charge is -2.30. The average Bonchev–Trinajstić information content (AvgIpc) is 3.52. The zero-order valence-corrected chi connectivity index (χ0v) is 22.5. The first-order chi connectivity index (χ1) is 19.2. The Hall–Kier alpha value is -4.82. The molecule has 5 aromatic rings. The van der Waals surface area contributed by atoms with Gasteiger partial charge in [0.15, 0.2) is 11.6 Å². The van der Waals surface area contributed by atoms with E-state index >= 15 is 4.39 Å². The van der Waals surface area contributed by atoms with Crippen LogP contribution in [0.2, 0.25) is 0 Å². The highest BCUT2D eigenvalue weighted by Crippen LogP contribution is 2.46. The van der Waals surface area contributed by atoms with E-state index in [2.05, 4.69) is 9.97 Å². The molecule has 1 aliphatic rings. The number of nitriles is 1. The Balaban J connectivity index is 1.40. The predicted molar refractivity (Wildman–Crippen MR) is 149 cm³/mol. The van der Waals surface area contributed by atoms with E-state index < -0.39 is 17.5 Å². The molecule has 11 heteroatoms. The monoisotopic (exact) mass is 555 g/mol. The van der Waals surface area contributed by atoms with Gasteiger partial charge in [0.1, 0.15) is 10.6 Å². The molecule has 200 valence electrons. The maximum atomic E-state index is 15.3. The van der Waals surface area contributed by atoms with Crippen molar-refractivity contribution in [3.63, 3.8) is 0 Å². The first-order valence-corrected chi connectivity index (χ1v) is 13.1. The lowest BCUT2D eigenvalue weighted by molar-refractivity contribution is 0.115. The standard InChI is InChI=1S/C29H22FN5O4S/c1-15-7-18(24-21(8-15)33-23(38-3)13-32-24)27-34-22-10-20(30)25-19(26(22)40-27)11-29(2,39-25)14-35(28(36)37)17-6-4-5-16(9-17)12-31/h4-10,13H,11,14H2,1-3H3,(H,36,37). The molecule has 3 heterocycles. The van der Waals surface area contributed by atoms with Crippen LogP contribution in [0.15, 0.2) is 48.7 Å². The number of thiazole rings is 1. The second kappa shape index (κ2) is 9.43. The second-order valence-electron chi connectivity index (χ2n) is 9.89. The van der Waals surface area contributed by atoms with Crippen LogP contribution in [0.1, 0.15) is 23.6 Å². The van der Waals surface area contributed by atoms with Gasteiger partial charge in [-0.1, -0.05) is 6.07 Å². The van der Waals surface area contributed by atoms with Gasteiger partial charge in [0.05, 0.1) is 52.7 Å². The molecule has 0 aliphatic carbocycles. The fourth-order valence-corrected chi connectivity index (χ4v) is 6.17. The number of amides is 1. The first-order valence-electron chi connectivity index (χ1n) is 12.3. The number of rotatable bonds is 5. The summed E-state index contributed by atoms with van der Waals surface area (Å²) < 4.78 is 27.4. The van der Waals surface area contributed by atoms with Crippen LogP contribution in [0.3, 0.4) is 0 Å². The molecule has 0 saturated carbocycles. The van der Waals surface area contributed by atoms with Gasteiger partial charge in [-0.05, 0) is 49.7 Å². The molecule has 2 aromatic heterocycles. The Morgan fingerprint density at radius 1 is 1.27 bits per heavy atom. The number of aryl methyl sites for hydroxylation is 1. The maximum absolute atomic E-state index is 15.3. The molecule has 0 bridgehead atoms. The third kappa shape index (κ3) is 4.32. The molecular formula is C29H22FN5O4S. The van der Waals surface area contributed by atoms with E-state index in [0.29, 0.717) is 44.3 Å². The average molecular weight is 556 g/mol. The van der Waals surface area contributed by atoms with Crippen molar-refractivity contribution in [1.82, 2.24) is 15.0 Å². The Morgan fingerprint density at radius 2 is 2.10 bits per heavy atom. The summed E-state index contributed by atoms with van der Waals surface area (Å²) in [5, 5.41) is 19.9. The molecule has 3 aromatic carbocycles. The van der Waals surface area contributed by atoms with E-state index in [1.807, 2.05) is 25.1 Å². The number of nitrogens with zero attached hydrogens (tertiary/aromatic N) is 5. The zero-order valence-electron chi connectivity index (χ0n) is 21.7. The van der Waals surface area contributed by atoms with Crippen molar-refractivity contribution >= 4 is 44.4 Å². The third-order valence-electron chi connectivity index (χ3n) is 6.80. The number of carboxylic acid groups (broad SMARTS) is 1. The highest BCUT2D eigenvalue weighted by molar-refractivity contribution is 7.22. The van der Waals surface area contributed by atoms with Gasteiger partial charge < -0.3 is 14.6 Å². The van der Waals surface area contributed by atoms with Crippen LogP contribution >= 0.6 is 11.3 Å². The molecular weight excluding hydrogens is 533 g/mol. The van der Waals surface area contributed by atoms with Crippen molar-refractivity contribution in [3.05, 3.63) is 71.2 Å². The number of methoxy groups -OCH3 is 1. The van der Waals surface area contributed by atoms with Gasteiger partial charge >= 0.3 is 6.09 Å². The fourth-order valence-electron chi connectivity index (χ4n) is 5.07. The molecule has 1 unspecified atom stereocenters. The normalized spacial score (nSPS) is 16.0. The minimum absolute atomic E-state index is 0.0710. The smallest absolute Gasteiger partial charge is 0.411 e. The van der Waals surface area contributed by atoms with Crippen LogP contribution in [-0.4, -0.2) is 45.4 Å². The van der Waals surface area contributed by atoms with Crippen LogP contribution in [-0.2, 0) is 6.42 Å². The number of aromatic nitrogens is 3. The van der Waals surface area contributed by atoms with E-state index in [0.717, 1.165) is 20.7 Å². The quantitative estimate of drug-likeness (QED) is 0.276. The summed E-state index contributed by atoms with van der Waals surface area (Å²) in [6, 6.07) is 13.6. The van der Waals surface area contributed by atoms with E-state index in [-0.39, 0.29) is 18.7 Å². The number of carbonyl (C=O) groups is 1. The second-order valence-corrected chi connectivity index (χ2v) is 10.9. The number of anilines is 1. The number of halogens is 1. The van der Waals surface area contributed by atoms with Gasteiger partial charge in [-0.2, -0.15) is 5.26 Å². The summed E-state index contributed by atoms with van der Waals surface area (Å²) in [6.45, 7) is 3.63. The van der Waals surface area contributed by atoms with Gasteiger partial charge in [0.25, 0.3) is 0 Å². The number of hydrogen-bond acceptors (Lipinski definition) is 8. The number of fused-ring (bicyclic) bond motifs is 4. The predicted octanol–water partition coefficient (Wildman–Crippen LogP) is 6.11. The molecule has 0 fully saturated rings. The summed E-state index contributed by atoms with van der Waals surface area (Å²) in [6.07, 6.45) is 0.614. The number of ether oxygens (including phenoxy) is 2. The number of benzene rings is 3. The molecule has 40 heavy (non-hydrogen) atoms. The highest BCUT2D eigenvalue weighted by Gasteiger charge is 2.41. The molecule has 1 atom stereocenters. The molecule has 1 amide bonds. The highest BCUT2D eigenvalue weighted by atomic mass is 32.1. The van der Waals surface area contributed by atoms with Gasteiger partial charge in [-0.25, -0.2) is 24.1 Å². The van der Waals surface area contributed by atoms with Gasteiger partial charge in [0, 0.05) is 29.3 Å². The summed E-state index contributed by atoms with van der Waals surface area (Å²) in [7, 11) is 1.53. The summed E-state index contributed by atoms with van der Waals surface area (Å²) in [4.78, 5) is 27.1. The Bertz CT molecular complexity index is 1880. The van der Waals surface area contributed by atoms with Gasteiger partial charge in [-0.15, -0.1) is 11.3 Å². The van der Waals surface area contributed by atoms with Crippen molar-refractivity contribution in [1.29, 1.82) is 5.26 Å². The van der Waals surface area contributed by atoms with Crippen LogP contribution in [0, 0.1) is 24.1 Å². The molecule has 1 aliphatic heterocycles. The van der Waals surface area contributed by atoms with Crippen molar-refractivity contribution in [3.8, 4) is 28.3 Å². The molecule has 0 spiro atoms. The minimum Gasteiger partial charge on any atom is -0.482 e. The zero-order chi connectivity index (χ0) is 28.2. The van der Waals surface area contributed by atoms with E-state index in [1.165, 1.54) is 30.6 Å². The Kier molecular flexibility index (Phi) is 6.00. The lowest BCUT2D eigenvalue weighted by Crippen LogP contribution is -2.46. The van der Waals surface area contributed by atoms with E-state index in [1.54, 1.807) is 31.3 Å².